The van der Waals surface area contributed by atoms with Gasteiger partial charge in [-0.3, -0.25) is 9.59 Å². The third-order valence-corrected chi connectivity index (χ3v) is 3.12. The molecule has 1 aromatic rings. The van der Waals surface area contributed by atoms with Gasteiger partial charge in [-0.25, -0.2) is 0 Å². The Bertz CT molecular complexity index is 440. The van der Waals surface area contributed by atoms with Crippen molar-refractivity contribution in [2.75, 3.05) is 6.61 Å². The van der Waals surface area contributed by atoms with E-state index in [1.165, 1.54) is 0 Å². The summed E-state index contributed by atoms with van der Waals surface area (Å²) < 4.78 is 5.30. The molecule has 0 radical (unpaired) electrons. The van der Waals surface area contributed by atoms with Gasteiger partial charge in [0.05, 0.1) is 12.5 Å². The molecule has 1 unspecified atom stereocenters. The van der Waals surface area contributed by atoms with Gasteiger partial charge < -0.3 is 15.2 Å². The van der Waals surface area contributed by atoms with Crippen LogP contribution in [0.2, 0.25) is 0 Å². The van der Waals surface area contributed by atoms with Crippen LogP contribution in [0.15, 0.2) is 30.3 Å². The number of hydrogen-bond donors (Lipinski definition) is 2. The predicted molar refractivity (Wildman–Crippen MR) is 68.6 cm³/mol. The molecule has 2 N–H and O–H groups in total. The Morgan fingerprint density at radius 1 is 1.37 bits per heavy atom. The molecule has 1 heterocycles. The topological polar surface area (TPSA) is 75.6 Å². The van der Waals surface area contributed by atoms with Crippen molar-refractivity contribution in [2.45, 2.75) is 31.4 Å². The first-order chi connectivity index (χ1) is 9.16. The van der Waals surface area contributed by atoms with Crippen LogP contribution >= 0.6 is 0 Å². The smallest absolute Gasteiger partial charge is 0.305 e. The highest BCUT2D eigenvalue weighted by Crippen LogP contribution is 2.19. The molecule has 0 spiro atoms. The fraction of sp³-hybridized carbons (Fsp3) is 0.429. The summed E-state index contributed by atoms with van der Waals surface area (Å²) in [6.45, 7) is 0.590. The number of carbonyl (C=O) groups is 2. The average molecular weight is 263 g/mol. The Hall–Kier alpha value is -1.88. The van der Waals surface area contributed by atoms with Crippen molar-refractivity contribution in [2.24, 2.45) is 0 Å². The van der Waals surface area contributed by atoms with Crippen molar-refractivity contribution in [1.82, 2.24) is 5.32 Å². The molecule has 0 aliphatic carbocycles. The number of nitrogens with one attached hydrogen (secondary N) is 1. The lowest BCUT2D eigenvalue weighted by Crippen LogP contribution is -2.37. The zero-order valence-corrected chi connectivity index (χ0v) is 10.5. The zero-order chi connectivity index (χ0) is 13.7. The van der Waals surface area contributed by atoms with Gasteiger partial charge in [0.1, 0.15) is 6.10 Å². The highest BCUT2D eigenvalue weighted by atomic mass is 16.5. The van der Waals surface area contributed by atoms with Gasteiger partial charge in [-0.2, -0.15) is 0 Å². The summed E-state index contributed by atoms with van der Waals surface area (Å²) in [6, 6.07) is 8.59. The maximum absolute atomic E-state index is 12.0. The standard InChI is InChI=1S/C14H17NO4/c16-13(17)9-11(10-5-2-1-3-6-10)15-14(18)12-7-4-8-19-12/h1-3,5-6,11-12H,4,7-9H2,(H,15,18)(H,16,17)/t11?,12-/m0/s1. The van der Waals surface area contributed by atoms with Gasteiger partial charge >= 0.3 is 5.97 Å². The van der Waals surface area contributed by atoms with Gasteiger partial charge in [0.15, 0.2) is 0 Å². The van der Waals surface area contributed by atoms with Crippen LogP contribution in [0.25, 0.3) is 0 Å². The second kappa shape index (κ2) is 6.33. The largest absolute Gasteiger partial charge is 0.481 e. The SMILES string of the molecule is O=C(O)CC(NC(=O)[C@@H]1CCCO1)c1ccccc1. The lowest BCUT2D eigenvalue weighted by Gasteiger charge is -2.19. The maximum Gasteiger partial charge on any atom is 0.305 e. The van der Waals surface area contributed by atoms with Crippen LogP contribution in [0.5, 0.6) is 0 Å². The van der Waals surface area contributed by atoms with E-state index < -0.39 is 18.1 Å². The zero-order valence-electron chi connectivity index (χ0n) is 10.5. The van der Waals surface area contributed by atoms with E-state index >= 15 is 0 Å². The molecule has 1 amide bonds. The van der Waals surface area contributed by atoms with Gasteiger partial charge in [0.2, 0.25) is 5.91 Å². The van der Waals surface area contributed by atoms with Crippen molar-refractivity contribution < 1.29 is 19.4 Å². The van der Waals surface area contributed by atoms with Crippen LogP contribution in [0.1, 0.15) is 30.9 Å². The number of ether oxygens (including phenoxy) is 1. The maximum atomic E-state index is 12.0. The Kier molecular flexibility index (Phi) is 4.52. The molecule has 1 aliphatic heterocycles. The van der Waals surface area contributed by atoms with Gasteiger partial charge in [-0.15, -0.1) is 0 Å². The van der Waals surface area contributed by atoms with Crippen LogP contribution in [-0.4, -0.2) is 29.7 Å². The quantitative estimate of drug-likeness (QED) is 0.844. The highest BCUT2D eigenvalue weighted by molar-refractivity contribution is 5.82. The summed E-state index contributed by atoms with van der Waals surface area (Å²) in [5.74, 6) is -1.17. The monoisotopic (exact) mass is 263 g/mol. The number of rotatable bonds is 5. The third kappa shape index (κ3) is 3.79. The molecular weight excluding hydrogens is 246 g/mol. The van der Waals surface area contributed by atoms with Gasteiger partial charge in [-0.05, 0) is 18.4 Å². The van der Waals surface area contributed by atoms with E-state index in [0.29, 0.717) is 13.0 Å². The summed E-state index contributed by atoms with van der Waals surface area (Å²) in [4.78, 5) is 22.9. The first-order valence-electron chi connectivity index (χ1n) is 6.35. The van der Waals surface area contributed by atoms with E-state index in [9.17, 15) is 9.59 Å². The summed E-state index contributed by atoms with van der Waals surface area (Å²) >= 11 is 0. The van der Waals surface area contributed by atoms with Gasteiger partial charge in [0.25, 0.3) is 0 Å². The minimum atomic E-state index is -0.943. The van der Waals surface area contributed by atoms with E-state index in [2.05, 4.69) is 5.32 Å². The van der Waals surface area contributed by atoms with E-state index in [1.807, 2.05) is 30.3 Å². The number of carbonyl (C=O) groups excluding carboxylic acids is 1. The number of amides is 1. The molecule has 19 heavy (non-hydrogen) atoms. The minimum Gasteiger partial charge on any atom is -0.481 e. The molecule has 1 fully saturated rings. The van der Waals surface area contributed by atoms with E-state index in [-0.39, 0.29) is 12.3 Å². The molecule has 5 nitrogen and oxygen atoms in total. The molecule has 0 aromatic heterocycles. The van der Waals surface area contributed by atoms with E-state index in [4.69, 9.17) is 9.84 Å². The Morgan fingerprint density at radius 3 is 2.68 bits per heavy atom. The van der Waals surface area contributed by atoms with Crippen molar-refractivity contribution in [1.29, 1.82) is 0 Å². The molecule has 102 valence electrons. The Labute approximate surface area is 111 Å². The first-order valence-corrected chi connectivity index (χ1v) is 6.35. The highest BCUT2D eigenvalue weighted by Gasteiger charge is 2.26. The van der Waals surface area contributed by atoms with E-state index in [1.54, 1.807) is 0 Å². The summed E-state index contributed by atoms with van der Waals surface area (Å²) in [5, 5.41) is 11.7. The molecular formula is C14H17NO4. The predicted octanol–water partition coefficient (Wildman–Crippen LogP) is 1.50. The van der Waals surface area contributed by atoms with Crippen molar-refractivity contribution in [3.05, 3.63) is 35.9 Å². The number of aliphatic carboxylic acids is 1. The molecule has 1 saturated heterocycles. The van der Waals surface area contributed by atoms with Crippen LogP contribution in [-0.2, 0) is 14.3 Å². The number of hydrogen-bond acceptors (Lipinski definition) is 3. The molecule has 5 heteroatoms. The van der Waals surface area contributed by atoms with E-state index in [0.717, 1.165) is 12.0 Å². The second-order valence-electron chi connectivity index (χ2n) is 4.57. The summed E-state index contributed by atoms with van der Waals surface area (Å²) in [7, 11) is 0. The van der Waals surface area contributed by atoms with Crippen molar-refractivity contribution in [3.8, 4) is 0 Å². The average Bonchev–Trinajstić information content (AvgIpc) is 2.92. The molecule has 0 saturated carbocycles. The molecule has 0 bridgehead atoms. The Morgan fingerprint density at radius 2 is 2.11 bits per heavy atom. The molecule has 2 rings (SSSR count). The lowest BCUT2D eigenvalue weighted by atomic mass is 10.0. The molecule has 1 aromatic carbocycles. The fourth-order valence-corrected chi connectivity index (χ4v) is 2.16. The van der Waals surface area contributed by atoms with Crippen LogP contribution < -0.4 is 5.32 Å². The normalized spacial score (nSPS) is 19.9. The minimum absolute atomic E-state index is 0.136. The second-order valence-corrected chi connectivity index (χ2v) is 4.57. The summed E-state index contributed by atoms with van der Waals surface area (Å²) in [5.41, 5.74) is 0.788. The lowest BCUT2D eigenvalue weighted by molar-refractivity contribution is -0.138. The van der Waals surface area contributed by atoms with Crippen molar-refractivity contribution in [3.63, 3.8) is 0 Å². The van der Waals surface area contributed by atoms with Gasteiger partial charge in [0, 0.05) is 6.61 Å². The summed E-state index contributed by atoms with van der Waals surface area (Å²) in [6.07, 6.45) is 0.982. The van der Waals surface area contributed by atoms with Crippen molar-refractivity contribution >= 4 is 11.9 Å². The Balaban J connectivity index is 2.05. The first kappa shape index (κ1) is 13.5. The number of benzene rings is 1. The van der Waals surface area contributed by atoms with Gasteiger partial charge in [-0.1, -0.05) is 30.3 Å². The number of carboxylic acids is 1. The third-order valence-electron chi connectivity index (χ3n) is 3.12. The fourth-order valence-electron chi connectivity index (χ4n) is 2.16. The molecule has 1 aliphatic rings. The van der Waals surface area contributed by atoms with Crippen LogP contribution in [0, 0.1) is 0 Å². The van der Waals surface area contributed by atoms with Crippen LogP contribution in [0.3, 0.4) is 0 Å². The number of carboxylic acid groups (broad SMARTS) is 1. The molecule has 2 atom stereocenters. The van der Waals surface area contributed by atoms with Crippen LogP contribution in [0.4, 0.5) is 0 Å².